The third-order valence-electron chi connectivity index (χ3n) is 3.36. The van der Waals surface area contributed by atoms with Crippen LogP contribution >= 0.6 is 0 Å². The van der Waals surface area contributed by atoms with Crippen LogP contribution in [0.5, 0.6) is 0 Å². The molecule has 1 aromatic rings. The smallest absolute Gasteiger partial charge is 0.414 e. The summed E-state index contributed by atoms with van der Waals surface area (Å²) in [4.78, 5) is 13.7. The summed E-state index contributed by atoms with van der Waals surface area (Å²) < 4.78 is 30.5. The van der Waals surface area contributed by atoms with E-state index in [2.05, 4.69) is 5.32 Å². The van der Waals surface area contributed by atoms with Crippen molar-refractivity contribution < 1.29 is 18.3 Å². The lowest BCUT2D eigenvalue weighted by atomic mass is 10.1. The molecule has 0 radical (unpaired) electrons. The third-order valence-corrected chi connectivity index (χ3v) is 3.36. The minimum Gasteiger partial charge on any atom is -0.443 e. The van der Waals surface area contributed by atoms with E-state index in [1.54, 1.807) is 17.0 Å². The van der Waals surface area contributed by atoms with Crippen LogP contribution in [0.3, 0.4) is 0 Å². The highest BCUT2D eigenvalue weighted by molar-refractivity contribution is 5.91. The van der Waals surface area contributed by atoms with Gasteiger partial charge < -0.3 is 10.1 Å². The summed E-state index contributed by atoms with van der Waals surface area (Å²) in [6.45, 7) is 7.44. The van der Waals surface area contributed by atoms with E-state index in [-0.39, 0.29) is 6.09 Å². The Balaban J connectivity index is 2.12. The number of benzene rings is 1. The number of alkyl halides is 2. The van der Waals surface area contributed by atoms with Crippen LogP contribution in [0, 0.1) is 0 Å². The molecule has 1 aliphatic rings. The van der Waals surface area contributed by atoms with Gasteiger partial charge in [-0.2, -0.15) is 0 Å². The van der Waals surface area contributed by atoms with Gasteiger partial charge in [-0.15, -0.1) is 0 Å². The fourth-order valence-corrected chi connectivity index (χ4v) is 2.32. The van der Waals surface area contributed by atoms with Gasteiger partial charge in [0, 0.05) is 12.2 Å². The van der Waals surface area contributed by atoms with Gasteiger partial charge in [0.05, 0.1) is 11.7 Å². The van der Waals surface area contributed by atoms with Crippen LogP contribution in [0.25, 0.3) is 0 Å². The first-order chi connectivity index (χ1) is 10.2. The molecule has 1 amide bonds. The van der Waals surface area contributed by atoms with Crippen molar-refractivity contribution in [2.75, 3.05) is 16.8 Å². The molecule has 122 valence electrons. The molecule has 0 aliphatic carbocycles. The van der Waals surface area contributed by atoms with Crippen molar-refractivity contribution in [1.29, 1.82) is 0 Å². The molecule has 0 saturated carbocycles. The van der Waals surface area contributed by atoms with Gasteiger partial charge in [-0.3, -0.25) is 4.90 Å². The van der Waals surface area contributed by atoms with Crippen LogP contribution in [0.2, 0.25) is 0 Å². The number of halogens is 2. The van der Waals surface area contributed by atoms with Crippen LogP contribution in [-0.4, -0.2) is 30.7 Å². The zero-order chi connectivity index (χ0) is 16.5. The predicted molar refractivity (Wildman–Crippen MR) is 82.8 cm³/mol. The van der Waals surface area contributed by atoms with E-state index >= 15 is 0 Å². The zero-order valence-electron chi connectivity index (χ0n) is 13.3. The molecule has 4 nitrogen and oxygen atoms in total. The van der Waals surface area contributed by atoms with Crippen LogP contribution in [-0.2, 0) is 11.2 Å². The highest BCUT2D eigenvalue weighted by Crippen LogP contribution is 2.32. The Hall–Kier alpha value is -1.85. The Morgan fingerprint density at radius 2 is 2.05 bits per heavy atom. The van der Waals surface area contributed by atoms with Crippen molar-refractivity contribution in [2.24, 2.45) is 0 Å². The number of fused-ring (bicyclic) bond motifs is 1. The molecule has 2 rings (SSSR count). The maximum absolute atomic E-state index is 12.6. The average molecular weight is 312 g/mol. The molecule has 22 heavy (non-hydrogen) atoms. The second-order valence-electron chi connectivity index (χ2n) is 6.49. The van der Waals surface area contributed by atoms with E-state index in [9.17, 15) is 13.6 Å². The Kier molecular flexibility index (Phi) is 4.58. The molecule has 6 heteroatoms. The molecular formula is C16H22F2N2O2. The number of rotatable bonds is 3. The summed E-state index contributed by atoms with van der Waals surface area (Å²) in [5.41, 5.74) is 1.83. The summed E-state index contributed by atoms with van der Waals surface area (Å²) in [7, 11) is 0. The number of nitrogens with zero attached hydrogens (tertiary/aromatic N) is 1. The molecule has 1 atom stereocenters. The summed E-state index contributed by atoms with van der Waals surface area (Å²) in [6.07, 6.45) is -2.12. The van der Waals surface area contributed by atoms with Gasteiger partial charge in [-0.25, -0.2) is 13.6 Å². The van der Waals surface area contributed by atoms with Crippen LogP contribution in [0.15, 0.2) is 18.2 Å². The number of amides is 1. The van der Waals surface area contributed by atoms with E-state index in [1.807, 2.05) is 26.8 Å². The molecular weight excluding hydrogens is 290 g/mol. The molecule has 0 saturated heterocycles. The molecule has 1 N–H and O–H groups in total. The topological polar surface area (TPSA) is 41.6 Å². The number of carbonyl (C=O) groups is 1. The molecule has 1 unspecified atom stereocenters. The number of ether oxygens (including phenoxy) is 1. The first-order valence-electron chi connectivity index (χ1n) is 7.35. The summed E-state index contributed by atoms with van der Waals surface area (Å²) in [5, 5.41) is 2.77. The summed E-state index contributed by atoms with van der Waals surface area (Å²) in [5.74, 6) is 0. The number of anilines is 2. The minimum absolute atomic E-state index is 0.382. The number of carbonyl (C=O) groups excluding carboxylic acids is 1. The van der Waals surface area contributed by atoms with E-state index in [0.29, 0.717) is 18.7 Å². The normalized spacial score (nSPS) is 15.7. The van der Waals surface area contributed by atoms with Gasteiger partial charge in [-0.05, 0) is 57.9 Å². The maximum Gasteiger partial charge on any atom is 0.414 e. The van der Waals surface area contributed by atoms with E-state index in [1.165, 1.54) is 6.92 Å². The monoisotopic (exact) mass is 312 g/mol. The summed E-state index contributed by atoms with van der Waals surface area (Å²) >= 11 is 0. The van der Waals surface area contributed by atoms with Crippen molar-refractivity contribution in [2.45, 2.75) is 52.2 Å². The van der Waals surface area contributed by atoms with Crippen molar-refractivity contribution >= 4 is 17.5 Å². The Bertz CT molecular complexity index is 556. The molecule has 1 aromatic carbocycles. The van der Waals surface area contributed by atoms with Gasteiger partial charge in [0.2, 0.25) is 0 Å². The first kappa shape index (κ1) is 16.5. The maximum atomic E-state index is 12.6. The average Bonchev–Trinajstić information content (AvgIpc) is 2.79. The molecule has 0 aromatic heterocycles. The quantitative estimate of drug-likeness (QED) is 0.915. The standard InChI is InChI=1S/C16H22F2N2O2/c1-10(14(17)18)19-12-5-6-13-11(9-12)7-8-20(13)15(21)22-16(2,3)4/h5-6,9-10,14,19H,7-8H2,1-4H3. The highest BCUT2D eigenvalue weighted by Gasteiger charge is 2.29. The first-order valence-corrected chi connectivity index (χ1v) is 7.35. The predicted octanol–water partition coefficient (Wildman–Crippen LogP) is 4.05. The Morgan fingerprint density at radius 1 is 1.36 bits per heavy atom. The van der Waals surface area contributed by atoms with Crippen LogP contribution in [0.1, 0.15) is 33.3 Å². The lowest BCUT2D eigenvalue weighted by Gasteiger charge is -2.25. The highest BCUT2D eigenvalue weighted by atomic mass is 19.3. The number of hydrogen-bond donors (Lipinski definition) is 1. The molecule has 1 heterocycles. The fraction of sp³-hybridized carbons (Fsp3) is 0.562. The Morgan fingerprint density at radius 3 is 2.64 bits per heavy atom. The van der Waals surface area contributed by atoms with Crippen molar-refractivity contribution in [3.63, 3.8) is 0 Å². The molecule has 0 fully saturated rings. The molecule has 1 aliphatic heterocycles. The lowest BCUT2D eigenvalue weighted by Crippen LogP contribution is -2.35. The van der Waals surface area contributed by atoms with E-state index in [4.69, 9.17) is 4.74 Å². The largest absolute Gasteiger partial charge is 0.443 e. The number of hydrogen-bond acceptors (Lipinski definition) is 3. The van der Waals surface area contributed by atoms with E-state index in [0.717, 1.165) is 11.3 Å². The lowest BCUT2D eigenvalue weighted by molar-refractivity contribution is 0.0584. The second kappa shape index (κ2) is 6.10. The second-order valence-corrected chi connectivity index (χ2v) is 6.49. The minimum atomic E-state index is -2.42. The third kappa shape index (κ3) is 3.87. The van der Waals surface area contributed by atoms with Gasteiger partial charge in [0.25, 0.3) is 6.43 Å². The fourth-order valence-electron chi connectivity index (χ4n) is 2.32. The van der Waals surface area contributed by atoms with E-state index < -0.39 is 18.1 Å². The van der Waals surface area contributed by atoms with Gasteiger partial charge in [0.1, 0.15) is 5.60 Å². The van der Waals surface area contributed by atoms with Crippen molar-refractivity contribution in [3.05, 3.63) is 23.8 Å². The number of nitrogens with one attached hydrogen (secondary N) is 1. The Labute approximate surface area is 129 Å². The van der Waals surface area contributed by atoms with Gasteiger partial charge >= 0.3 is 6.09 Å². The van der Waals surface area contributed by atoms with Crippen molar-refractivity contribution in [3.8, 4) is 0 Å². The van der Waals surface area contributed by atoms with Crippen LogP contribution < -0.4 is 10.2 Å². The zero-order valence-corrected chi connectivity index (χ0v) is 13.3. The van der Waals surface area contributed by atoms with Crippen LogP contribution in [0.4, 0.5) is 25.0 Å². The summed E-state index contributed by atoms with van der Waals surface area (Å²) in [6, 6.07) is 4.38. The molecule has 0 bridgehead atoms. The van der Waals surface area contributed by atoms with Gasteiger partial charge in [-0.1, -0.05) is 0 Å². The van der Waals surface area contributed by atoms with Gasteiger partial charge in [0.15, 0.2) is 0 Å². The van der Waals surface area contributed by atoms with Crippen molar-refractivity contribution in [1.82, 2.24) is 0 Å². The SMILES string of the molecule is CC(Nc1ccc2c(c1)CCN2C(=O)OC(C)(C)C)C(F)F. The molecule has 0 spiro atoms.